The van der Waals surface area contributed by atoms with Crippen LogP contribution in [0.4, 0.5) is 0 Å². The second kappa shape index (κ2) is 6.27. The molecule has 16 heavy (non-hydrogen) atoms. The maximum absolute atomic E-state index is 11.4. The molecule has 1 atom stereocenters. The number of hydrogen-bond donors (Lipinski definition) is 1. The fourth-order valence-electron chi connectivity index (χ4n) is 1.64. The van der Waals surface area contributed by atoms with Crippen LogP contribution >= 0.6 is 0 Å². The van der Waals surface area contributed by atoms with Crippen LogP contribution in [0.25, 0.3) is 0 Å². The Morgan fingerprint density at radius 3 is 3.00 bits per heavy atom. The van der Waals surface area contributed by atoms with Gasteiger partial charge in [-0.2, -0.15) is 0 Å². The Labute approximate surface area is 95.6 Å². The van der Waals surface area contributed by atoms with Crippen LogP contribution in [-0.2, 0) is 22.5 Å². The molecule has 0 radical (unpaired) electrons. The zero-order valence-electron chi connectivity index (χ0n) is 9.85. The molecule has 0 amide bonds. The zero-order chi connectivity index (χ0) is 12.0. The molecule has 1 unspecified atom stereocenters. The summed E-state index contributed by atoms with van der Waals surface area (Å²) < 4.78 is 6.75. The largest absolute Gasteiger partial charge is 0.469 e. The van der Waals surface area contributed by atoms with Gasteiger partial charge in [-0.1, -0.05) is 6.92 Å². The highest BCUT2D eigenvalue weighted by molar-refractivity contribution is 5.72. The monoisotopic (exact) mass is 225 g/mol. The van der Waals surface area contributed by atoms with Crippen LogP contribution in [0.2, 0.25) is 0 Å². The lowest BCUT2D eigenvalue weighted by Crippen LogP contribution is -2.27. The topological polar surface area (TPSA) is 70.1 Å². The summed E-state index contributed by atoms with van der Waals surface area (Å²) in [4.78, 5) is 15.5. The summed E-state index contributed by atoms with van der Waals surface area (Å²) in [6.07, 6.45) is 5.18. The second-order valence-corrected chi connectivity index (χ2v) is 3.74. The lowest BCUT2D eigenvalue weighted by atomic mass is 10.0. The summed E-state index contributed by atoms with van der Waals surface area (Å²) in [5.74, 6) is -0.538. The van der Waals surface area contributed by atoms with E-state index in [-0.39, 0.29) is 11.9 Å². The number of hydrogen-bond acceptors (Lipinski definition) is 4. The predicted molar refractivity (Wildman–Crippen MR) is 60.8 cm³/mol. The third kappa shape index (κ3) is 3.06. The zero-order valence-corrected chi connectivity index (χ0v) is 9.85. The van der Waals surface area contributed by atoms with E-state index in [0.29, 0.717) is 13.0 Å². The maximum atomic E-state index is 11.4. The first-order valence-electron chi connectivity index (χ1n) is 5.49. The van der Waals surface area contributed by atoms with Crippen LogP contribution < -0.4 is 5.73 Å². The third-order valence-electron chi connectivity index (χ3n) is 2.54. The Bertz CT molecular complexity index is 336. The Morgan fingerprint density at radius 1 is 1.69 bits per heavy atom. The quantitative estimate of drug-likeness (QED) is 0.719. The van der Waals surface area contributed by atoms with Gasteiger partial charge in [0.25, 0.3) is 0 Å². The lowest BCUT2D eigenvalue weighted by molar-refractivity contribution is -0.145. The van der Waals surface area contributed by atoms with Gasteiger partial charge in [-0.3, -0.25) is 4.79 Å². The fraction of sp³-hybridized carbons (Fsp3) is 0.636. The molecule has 1 aromatic heterocycles. The molecule has 1 rings (SSSR count). The van der Waals surface area contributed by atoms with Gasteiger partial charge in [-0.25, -0.2) is 4.98 Å². The summed E-state index contributed by atoms with van der Waals surface area (Å²) in [6.45, 7) is 3.31. The van der Waals surface area contributed by atoms with E-state index in [4.69, 9.17) is 10.5 Å². The van der Waals surface area contributed by atoms with Crippen molar-refractivity contribution in [3.8, 4) is 0 Å². The summed E-state index contributed by atoms with van der Waals surface area (Å²) in [5, 5.41) is 0. The number of ether oxygens (including phenoxy) is 1. The predicted octanol–water partition coefficient (Wildman–Crippen LogP) is 0.584. The number of rotatable bonds is 6. The maximum Gasteiger partial charge on any atom is 0.310 e. The van der Waals surface area contributed by atoms with Crippen LogP contribution in [0.5, 0.6) is 0 Å². The molecule has 0 aliphatic rings. The molecule has 90 valence electrons. The number of aryl methyl sites for hydroxylation is 1. The van der Waals surface area contributed by atoms with Crippen LogP contribution in [0.15, 0.2) is 12.5 Å². The first-order valence-corrected chi connectivity index (χ1v) is 5.49. The molecule has 0 aliphatic heterocycles. The number of esters is 1. The molecular weight excluding hydrogens is 206 g/mol. The van der Waals surface area contributed by atoms with Crippen molar-refractivity contribution in [2.45, 2.75) is 26.3 Å². The van der Waals surface area contributed by atoms with Crippen LogP contribution in [-0.4, -0.2) is 29.2 Å². The lowest BCUT2D eigenvalue weighted by Gasteiger charge is -2.13. The minimum atomic E-state index is -0.280. The van der Waals surface area contributed by atoms with Gasteiger partial charge in [-0.15, -0.1) is 0 Å². The third-order valence-corrected chi connectivity index (χ3v) is 2.54. The minimum absolute atomic E-state index is 0.258. The normalized spacial score (nSPS) is 12.4. The van der Waals surface area contributed by atoms with E-state index in [0.717, 1.165) is 18.7 Å². The number of carbonyl (C=O) groups is 1. The van der Waals surface area contributed by atoms with Crippen molar-refractivity contribution in [1.82, 2.24) is 9.55 Å². The summed E-state index contributed by atoms with van der Waals surface area (Å²) >= 11 is 0. The molecule has 5 heteroatoms. The average Bonchev–Trinajstić information content (AvgIpc) is 2.73. The molecule has 0 aromatic carbocycles. The fourth-order valence-corrected chi connectivity index (χ4v) is 1.64. The Morgan fingerprint density at radius 2 is 2.44 bits per heavy atom. The summed E-state index contributed by atoms with van der Waals surface area (Å²) in [6, 6.07) is 0. The smallest absolute Gasteiger partial charge is 0.310 e. The molecule has 0 saturated carbocycles. The summed E-state index contributed by atoms with van der Waals surface area (Å²) in [7, 11) is 1.38. The van der Waals surface area contributed by atoms with Crippen LogP contribution in [0, 0.1) is 5.92 Å². The van der Waals surface area contributed by atoms with Gasteiger partial charge in [0.1, 0.15) is 0 Å². The minimum Gasteiger partial charge on any atom is -0.469 e. The van der Waals surface area contributed by atoms with E-state index in [9.17, 15) is 4.79 Å². The molecule has 0 spiro atoms. The number of nitrogens with zero attached hydrogens (tertiary/aromatic N) is 2. The molecular formula is C11H19N3O2. The number of methoxy groups -OCH3 is 1. The van der Waals surface area contributed by atoms with E-state index in [2.05, 4.69) is 11.9 Å². The van der Waals surface area contributed by atoms with Crippen molar-refractivity contribution in [1.29, 1.82) is 0 Å². The SMILES string of the molecule is CCCn1cncc1CC(CN)C(=O)OC. The van der Waals surface area contributed by atoms with E-state index >= 15 is 0 Å². The number of carbonyl (C=O) groups excluding carboxylic acids is 1. The molecule has 1 aromatic rings. The van der Waals surface area contributed by atoms with E-state index in [1.165, 1.54) is 7.11 Å². The first-order chi connectivity index (χ1) is 7.72. The van der Waals surface area contributed by atoms with Crippen LogP contribution in [0.3, 0.4) is 0 Å². The highest BCUT2D eigenvalue weighted by atomic mass is 16.5. The van der Waals surface area contributed by atoms with Crippen molar-refractivity contribution in [3.63, 3.8) is 0 Å². The van der Waals surface area contributed by atoms with Gasteiger partial charge in [0.2, 0.25) is 0 Å². The van der Waals surface area contributed by atoms with Gasteiger partial charge in [-0.05, 0) is 6.42 Å². The highest BCUT2D eigenvalue weighted by Crippen LogP contribution is 2.10. The van der Waals surface area contributed by atoms with E-state index in [1.807, 2.05) is 4.57 Å². The number of nitrogens with two attached hydrogens (primary N) is 1. The van der Waals surface area contributed by atoms with E-state index in [1.54, 1.807) is 12.5 Å². The van der Waals surface area contributed by atoms with Crippen molar-refractivity contribution in [2.24, 2.45) is 11.7 Å². The first kappa shape index (κ1) is 12.7. The van der Waals surface area contributed by atoms with Gasteiger partial charge in [0, 0.05) is 31.4 Å². The van der Waals surface area contributed by atoms with Crippen LogP contribution in [0.1, 0.15) is 19.0 Å². The molecule has 0 aliphatic carbocycles. The van der Waals surface area contributed by atoms with Crippen molar-refractivity contribution >= 4 is 5.97 Å². The number of imidazole rings is 1. The van der Waals surface area contributed by atoms with E-state index < -0.39 is 0 Å². The average molecular weight is 225 g/mol. The molecule has 5 nitrogen and oxygen atoms in total. The molecule has 2 N–H and O–H groups in total. The molecule has 0 bridgehead atoms. The standard InChI is InChI=1S/C11H19N3O2/c1-3-4-14-8-13-7-10(14)5-9(6-12)11(15)16-2/h7-9H,3-6,12H2,1-2H3. The molecule has 0 fully saturated rings. The van der Waals surface area contributed by atoms with Gasteiger partial charge in [0.15, 0.2) is 0 Å². The van der Waals surface area contributed by atoms with Gasteiger partial charge >= 0.3 is 5.97 Å². The Balaban J connectivity index is 2.69. The van der Waals surface area contributed by atoms with Gasteiger partial charge in [0.05, 0.1) is 19.4 Å². The van der Waals surface area contributed by atoms with Crippen molar-refractivity contribution in [2.75, 3.05) is 13.7 Å². The highest BCUT2D eigenvalue weighted by Gasteiger charge is 2.19. The van der Waals surface area contributed by atoms with Gasteiger partial charge < -0.3 is 15.0 Å². The molecule has 0 saturated heterocycles. The molecule has 1 heterocycles. The summed E-state index contributed by atoms with van der Waals surface area (Å²) in [5.41, 5.74) is 6.59. The second-order valence-electron chi connectivity index (χ2n) is 3.74. The Kier molecular flexibility index (Phi) is 4.98. The van der Waals surface area contributed by atoms with Crippen molar-refractivity contribution < 1.29 is 9.53 Å². The van der Waals surface area contributed by atoms with Crippen molar-refractivity contribution in [3.05, 3.63) is 18.2 Å². The Hall–Kier alpha value is -1.36. The number of aromatic nitrogens is 2.